The molecule has 0 saturated carbocycles. The minimum Gasteiger partial charge on any atom is -0.392 e. The van der Waals surface area contributed by atoms with Crippen molar-refractivity contribution in [3.63, 3.8) is 0 Å². The molecule has 1 aliphatic heterocycles. The molecule has 4 aromatic rings. The number of halogens is 3. The van der Waals surface area contributed by atoms with Gasteiger partial charge in [0.15, 0.2) is 11.4 Å². The number of carbonyl (C=O) groups excluding carboxylic acids is 1. The normalized spacial score (nSPS) is 20.6. The van der Waals surface area contributed by atoms with Gasteiger partial charge in [0.25, 0.3) is 9.70 Å². The number of nitrogens with one attached hydrogen (secondary N) is 1. The number of thioether (sulfide) groups is 1. The number of aliphatic hydroxyl groups excluding tert-OH is 1. The van der Waals surface area contributed by atoms with Crippen molar-refractivity contribution in [3.8, 4) is 11.1 Å². The molecule has 2 heterocycles. The van der Waals surface area contributed by atoms with Gasteiger partial charge in [-0.25, -0.2) is 0 Å². The molecule has 0 aliphatic carbocycles. The molecular formula is C31H31Cl3N4O4S. The summed E-state index contributed by atoms with van der Waals surface area (Å²) in [5, 5.41) is 21.2. The Balaban J connectivity index is 1.39. The van der Waals surface area contributed by atoms with Crippen molar-refractivity contribution in [2.75, 3.05) is 5.75 Å². The first-order chi connectivity index (χ1) is 20.6. The average molecular weight is 662 g/mol. The van der Waals surface area contributed by atoms with Crippen LogP contribution in [0.1, 0.15) is 41.6 Å². The lowest BCUT2D eigenvalue weighted by Gasteiger charge is -2.41. The van der Waals surface area contributed by atoms with Crippen LogP contribution in [0.25, 0.3) is 11.1 Å². The number of benzene rings is 3. The zero-order chi connectivity index (χ0) is 30.6. The van der Waals surface area contributed by atoms with Gasteiger partial charge in [0, 0.05) is 30.8 Å². The number of nitrogens with zero attached hydrogens (tertiary/aromatic N) is 3. The van der Waals surface area contributed by atoms with Crippen LogP contribution in [-0.4, -0.2) is 41.4 Å². The van der Waals surface area contributed by atoms with Crippen LogP contribution in [0.3, 0.4) is 0 Å². The number of hydrogen-bond acceptors (Lipinski definition) is 7. The van der Waals surface area contributed by atoms with Gasteiger partial charge in [-0.15, -0.1) is 10.2 Å². The van der Waals surface area contributed by atoms with E-state index in [4.69, 9.17) is 44.3 Å². The Labute approximate surface area is 269 Å². The molecule has 0 bridgehead atoms. The van der Waals surface area contributed by atoms with Gasteiger partial charge in [0.2, 0.25) is 0 Å². The molecule has 1 saturated heterocycles. The Kier molecular flexibility index (Phi) is 10.3. The summed E-state index contributed by atoms with van der Waals surface area (Å²) in [7, 11) is 1.92. The van der Waals surface area contributed by atoms with Crippen LogP contribution in [0.5, 0.6) is 0 Å². The van der Waals surface area contributed by atoms with E-state index in [1.807, 2.05) is 78.3 Å². The van der Waals surface area contributed by atoms with E-state index in [9.17, 15) is 9.90 Å². The number of aryl methyl sites for hydroxylation is 1. The molecule has 0 unspecified atom stereocenters. The molecule has 8 nitrogen and oxygen atoms in total. The van der Waals surface area contributed by atoms with Crippen LogP contribution in [0.4, 0.5) is 0 Å². The smallest absolute Gasteiger partial charge is 0.272 e. The summed E-state index contributed by atoms with van der Waals surface area (Å²) in [5.74, 6) is 0.0263. The van der Waals surface area contributed by atoms with E-state index in [1.54, 1.807) is 18.1 Å². The van der Waals surface area contributed by atoms with E-state index in [2.05, 4.69) is 28.5 Å². The van der Waals surface area contributed by atoms with Crippen molar-refractivity contribution in [1.82, 2.24) is 20.1 Å². The number of rotatable bonds is 9. The van der Waals surface area contributed by atoms with Gasteiger partial charge in [0.1, 0.15) is 6.33 Å². The van der Waals surface area contributed by atoms with Gasteiger partial charge in [0.05, 0.1) is 18.8 Å². The highest BCUT2D eigenvalue weighted by Crippen LogP contribution is 2.43. The third-order valence-electron chi connectivity index (χ3n) is 7.30. The Bertz CT molecular complexity index is 1550. The van der Waals surface area contributed by atoms with Crippen molar-refractivity contribution in [1.29, 1.82) is 0 Å². The van der Waals surface area contributed by atoms with E-state index >= 15 is 0 Å². The molecule has 226 valence electrons. The molecular weight excluding hydrogens is 631 g/mol. The first-order valence-electron chi connectivity index (χ1n) is 13.6. The number of hydrogen-bond donors (Lipinski definition) is 2. The molecule has 12 heteroatoms. The number of ether oxygens (including phenoxy) is 2. The monoisotopic (exact) mass is 660 g/mol. The Morgan fingerprint density at radius 2 is 1.72 bits per heavy atom. The van der Waals surface area contributed by atoms with Gasteiger partial charge < -0.3 is 24.5 Å². The maximum Gasteiger partial charge on any atom is 0.272 e. The topological polar surface area (TPSA) is 98.5 Å². The van der Waals surface area contributed by atoms with Crippen LogP contribution >= 0.6 is 46.6 Å². The number of amides is 1. The summed E-state index contributed by atoms with van der Waals surface area (Å²) >= 11 is 18.6. The maximum atomic E-state index is 12.0. The zero-order valence-electron chi connectivity index (χ0n) is 23.5. The maximum absolute atomic E-state index is 12.0. The third kappa shape index (κ3) is 7.91. The molecule has 1 aromatic heterocycles. The molecule has 43 heavy (non-hydrogen) atoms. The quantitative estimate of drug-likeness (QED) is 0.155. The largest absolute Gasteiger partial charge is 0.392 e. The molecule has 1 amide bonds. The van der Waals surface area contributed by atoms with Crippen LogP contribution in [0, 0.1) is 5.92 Å². The predicted molar refractivity (Wildman–Crippen MR) is 169 cm³/mol. The highest BCUT2D eigenvalue weighted by atomic mass is 35.6. The summed E-state index contributed by atoms with van der Waals surface area (Å²) in [6.07, 6.45) is 0.692. The number of carbonyl (C=O) groups is 1. The first kappa shape index (κ1) is 31.8. The van der Waals surface area contributed by atoms with Crippen molar-refractivity contribution in [2.45, 2.75) is 47.5 Å². The fourth-order valence-electron chi connectivity index (χ4n) is 4.88. The van der Waals surface area contributed by atoms with Crippen LogP contribution in [0.2, 0.25) is 0 Å². The molecule has 2 N–H and O–H groups in total. The minimum absolute atomic E-state index is 0.0165. The highest BCUT2D eigenvalue weighted by Gasteiger charge is 2.38. The van der Waals surface area contributed by atoms with Crippen molar-refractivity contribution >= 4 is 52.5 Å². The fourth-order valence-corrected chi connectivity index (χ4v) is 6.13. The second-order valence-electron chi connectivity index (χ2n) is 10.4. The Morgan fingerprint density at radius 3 is 2.40 bits per heavy atom. The predicted octanol–water partition coefficient (Wildman–Crippen LogP) is 6.54. The van der Waals surface area contributed by atoms with Crippen LogP contribution < -0.4 is 5.32 Å². The van der Waals surface area contributed by atoms with E-state index in [0.717, 1.165) is 38.5 Å². The average Bonchev–Trinajstić information content (AvgIpc) is 3.43. The SMILES string of the molecule is C[C@@H]1[C@H](CSc2nncn2C)O[C@H](c2cccc(-c3cccc(CNC(=O)C(Cl)(Cl)Cl)c3)c2)O[C@@H]1c1ccc(CO)cc1. The van der Waals surface area contributed by atoms with Gasteiger partial charge in [-0.2, -0.15) is 0 Å². The lowest BCUT2D eigenvalue weighted by molar-refractivity contribution is -0.268. The van der Waals surface area contributed by atoms with Gasteiger partial charge in [-0.05, 0) is 39.9 Å². The van der Waals surface area contributed by atoms with E-state index in [-0.39, 0.29) is 31.3 Å². The molecule has 1 fully saturated rings. The molecule has 3 aromatic carbocycles. The summed E-state index contributed by atoms with van der Waals surface area (Å²) in [6, 6.07) is 23.7. The zero-order valence-corrected chi connectivity index (χ0v) is 26.6. The molecule has 0 spiro atoms. The Morgan fingerprint density at radius 1 is 1.00 bits per heavy atom. The van der Waals surface area contributed by atoms with E-state index < -0.39 is 16.0 Å². The van der Waals surface area contributed by atoms with E-state index in [0.29, 0.717) is 5.75 Å². The third-order valence-corrected chi connectivity index (χ3v) is 8.94. The molecule has 4 atom stereocenters. The molecule has 1 aliphatic rings. The number of aliphatic hydroxyl groups is 1. The van der Waals surface area contributed by atoms with Crippen molar-refractivity contribution < 1.29 is 19.4 Å². The lowest BCUT2D eigenvalue weighted by atomic mass is 9.91. The summed E-state index contributed by atoms with van der Waals surface area (Å²) in [5.41, 5.74) is 5.52. The lowest BCUT2D eigenvalue weighted by Crippen LogP contribution is -2.38. The van der Waals surface area contributed by atoms with Crippen LogP contribution in [-0.2, 0) is 34.5 Å². The van der Waals surface area contributed by atoms with Crippen LogP contribution in [0.15, 0.2) is 84.3 Å². The van der Waals surface area contributed by atoms with Gasteiger partial charge in [-0.3, -0.25) is 4.79 Å². The summed E-state index contributed by atoms with van der Waals surface area (Å²) in [4.78, 5) is 12.0. The van der Waals surface area contributed by atoms with Gasteiger partial charge in [-0.1, -0.05) is 114 Å². The number of aromatic nitrogens is 3. The fraction of sp³-hybridized carbons (Fsp3) is 0.323. The standard InChI is InChI=1S/C31H31Cl3N4O4S/c1-19-26(17-43-30-37-36-18-38(30)2)41-28(42-27(19)22-11-9-20(16-39)10-12-22)25-8-4-7-24(14-25)23-6-3-5-21(13-23)15-35-29(40)31(32,33)34/h3-14,18-19,26-28,39H,15-17H2,1-2H3,(H,35,40)/t19-,26+,27+,28+/m1/s1. The summed E-state index contributed by atoms with van der Waals surface area (Å²) in [6.45, 7) is 2.33. The van der Waals surface area contributed by atoms with Gasteiger partial charge >= 0.3 is 0 Å². The highest BCUT2D eigenvalue weighted by molar-refractivity contribution is 7.99. The van der Waals surface area contributed by atoms with E-state index in [1.165, 1.54) is 0 Å². The second kappa shape index (κ2) is 14.0. The minimum atomic E-state index is -2.02. The second-order valence-corrected chi connectivity index (χ2v) is 13.6. The number of alkyl halides is 3. The molecule has 5 rings (SSSR count). The molecule has 0 radical (unpaired) electrons. The first-order valence-corrected chi connectivity index (χ1v) is 15.8. The van der Waals surface area contributed by atoms with Crippen molar-refractivity contribution in [2.24, 2.45) is 13.0 Å². The Hall–Kier alpha value is -2.63. The van der Waals surface area contributed by atoms with Crippen molar-refractivity contribution in [3.05, 3.63) is 101 Å². The summed E-state index contributed by atoms with van der Waals surface area (Å²) < 4.78 is 13.1.